The molecule has 78 valence electrons. The second-order valence-electron chi connectivity index (χ2n) is 3.56. The Bertz CT molecular complexity index is 637. The molecule has 0 aliphatic carbocycles. The van der Waals surface area contributed by atoms with Crippen LogP contribution in [0.1, 0.15) is 0 Å². The van der Waals surface area contributed by atoms with Gasteiger partial charge in [0.05, 0.1) is 5.69 Å². The second-order valence-corrected chi connectivity index (χ2v) is 3.56. The summed E-state index contributed by atoms with van der Waals surface area (Å²) in [6, 6.07) is 9.77. The Labute approximate surface area is 92.3 Å². The second kappa shape index (κ2) is 3.34. The molecule has 0 unspecified atom stereocenters. The number of nitrogens with two attached hydrogens (primary N) is 1. The number of hydrogen-bond acceptors (Lipinski definition) is 3. The van der Waals surface area contributed by atoms with Gasteiger partial charge in [-0.2, -0.15) is 5.10 Å². The van der Waals surface area contributed by atoms with Crippen molar-refractivity contribution in [3.8, 4) is 5.69 Å². The summed E-state index contributed by atoms with van der Waals surface area (Å²) in [4.78, 5) is 4.10. The Balaban J connectivity index is 2.31. The van der Waals surface area contributed by atoms with E-state index < -0.39 is 0 Å². The highest BCUT2D eigenvalue weighted by Crippen LogP contribution is 2.20. The zero-order valence-electron chi connectivity index (χ0n) is 8.54. The number of benzene rings is 1. The van der Waals surface area contributed by atoms with E-state index >= 15 is 0 Å². The minimum absolute atomic E-state index is 0.519. The zero-order chi connectivity index (χ0) is 11.0. The van der Waals surface area contributed by atoms with Gasteiger partial charge in [0.1, 0.15) is 5.82 Å². The molecule has 4 nitrogen and oxygen atoms in total. The zero-order valence-corrected chi connectivity index (χ0v) is 8.54. The number of nitrogens with zero attached hydrogens (tertiary/aromatic N) is 3. The fourth-order valence-corrected chi connectivity index (χ4v) is 1.78. The molecule has 0 atom stereocenters. The summed E-state index contributed by atoms with van der Waals surface area (Å²) in [7, 11) is 0. The molecule has 0 amide bonds. The fraction of sp³-hybridized carbons (Fsp3) is 0. The van der Waals surface area contributed by atoms with Crippen LogP contribution in [0.15, 0.2) is 48.9 Å². The largest absolute Gasteiger partial charge is 0.382 e. The van der Waals surface area contributed by atoms with Gasteiger partial charge in [-0.3, -0.25) is 4.98 Å². The lowest BCUT2D eigenvalue weighted by molar-refractivity contribution is 0.893. The van der Waals surface area contributed by atoms with Crippen LogP contribution in [0.3, 0.4) is 0 Å². The minimum Gasteiger partial charge on any atom is -0.382 e. The van der Waals surface area contributed by atoms with Crippen LogP contribution in [0.4, 0.5) is 5.82 Å². The van der Waals surface area contributed by atoms with Crippen molar-refractivity contribution >= 4 is 16.6 Å². The Morgan fingerprint density at radius 2 is 2.06 bits per heavy atom. The third-order valence-corrected chi connectivity index (χ3v) is 2.51. The minimum atomic E-state index is 0.519. The van der Waals surface area contributed by atoms with Gasteiger partial charge in [0.15, 0.2) is 0 Å². The highest BCUT2D eigenvalue weighted by atomic mass is 15.3. The molecule has 3 rings (SSSR count). The number of aromatic nitrogens is 3. The number of pyridine rings is 1. The molecule has 0 radical (unpaired) electrons. The van der Waals surface area contributed by atoms with E-state index in [9.17, 15) is 0 Å². The van der Waals surface area contributed by atoms with Crippen LogP contribution in [-0.2, 0) is 0 Å². The van der Waals surface area contributed by atoms with Gasteiger partial charge >= 0.3 is 0 Å². The van der Waals surface area contributed by atoms with Crippen molar-refractivity contribution in [2.24, 2.45) is 0 Å². The van der Waals surface area contributed by atoms with E-state index in [2.05, 4.69) is 10.1 Å². The van der Waals surface area contributed by atoms with E-state index in [4.69, 9.17) is 5.73 Å². The van der Waals surface area contributed by atoms with Gasteiger partial charge in [0, 0.05) is 35.4 Å². The molecule has 0 saturated heterocycles. The summed E-state index contributed by atoms with van der Waals surface area (Å²) < 4.78 is 1.78. The number of hydrogen-bond donors (Lipinski definition) is 1. The molecule has 2 N–H and O–H groups in total. The Kier molecular flexibility index (Phi) is 1.86. The molecule has 0 saturated carbocycles. The van der Waals surface area contributed by atoms with Crippen LogP contribution in [0.25, 0.3) is 16.5 Å². The summed E-state index contributed by atoms with van der Waals surface area (Å²) in [5, 5.41) is 6.41. The van der Waals surface area contributed by atoms with E-state index in [0.717, 1.165) is 16.5 Å². The number of rotatable bonds is 1. The van der Waals surface area contributed by atoms with Gasteiger partial charge < -0.3 is 5.73 Å². The highest BCUT2D eigenvalue weighted by molar-refractivity contribution is 5.89. The van der Waals surface area contributed by atoms with Crippen LogP contribution >= 0.6 is 0 Å². The molecule has 3 aromatic rings. The van der Waals surface area contributed by atoms with Crippen molar-refractivity contribution in [2.45, 2.75) is 0 Å². The lowest BCUT2D eigenvalue weighted by Gasteiger charge is -2.05. The Hall–Kier alpha value is -2.36. The third kappa shape index (κ3) is 1.32. The van der Waals surface area contributed by atoms with Crippen molar-refractivity contribution in [1.29, 1.82) is 0 Å². The predicted molar refractivity (Wildman–Crippen MR) is 63.3 cm³/mol. The molecule has 0 bridgehead atoms. The SMILES string of the molecule is Nc1ccn(-c2cccc3cnccc23)n1. The summed E-state index contributed by atoms with van der Waals surface area (Å²) >= 11 is 0. The van der Waals surface area contributed by atoms with E-state index in [1.54, 1.807) is 16.9 Å². The van der Waals surface area contributed by atoms with Crippen molar-refractivity contribution in [3.05, 3.63) is 48.9 Å². The molecule has 0 aliphatic rings. The topological polar surface area (TPSA) is 56.7 Å². The first kappa shape index (κ1) is 8.91. The molecular formula is C12H10N4. The predicted octanol–water partition coefficient (Wildman–Crippen LogP) is 2.00. The third-order valence-electron chi connectivity index (χ3n) is 2.51. The maximum atomic E-state index is 5.62. The molecular weight excluding hydrogens is 200 g/mol. The summed E-state index contributed by atoms with van der Waals surface area (Å²) in [5.41, 5.74) is 6.63. The van der Waals surface area contributed by atoms with Gasteiger partial charge in [-0.05, 0) is 12.1 Å². The van der Waals surface area contributed by atoms with E-state index in [0.29, 0.717) is 5.82 Å². The van der Waals surface area contributed by atoms with E-state index in [1.807, 2.05) is 36.7 Å². The molecule has 2 heterocycles. The van der Waals surface area contributed by atoms with Gasteiger partial charge in [0.25, 0.3) is 0 Å². The van der Waals surface area contributed by atoms with Crippen molar-refractivity contribution in [1.82, 2.24) is 14.8 Å². The Morgan fingerprint density at radius 3 is 2.88 bits per heavy atom. The van der Waals surface area contributed by atoms with Crippen LogP contribution in [-0.4, -0.2) is 14.8 Å². The monoisotopic (exact) mass is 210 g/mol. The lowest BCUT2D eigenvalue weighted by atomic mass is 10.1. The van der Waals surface area contributed by atoms with Crippen LogP contribution in [0.2, 0.25) is 0 Å². The first-order chi connectivity index (χ1) is 7.84. The summed E-state index contributed by atoms with van der Waals surface area (Å²) in [5.74, 6) is 0.519. The average Bonchev–Trinajstić information content (AvgIpc) is 2.75. The fourth-order valence-electron chi connectivity index (χ4n) is 1.78. The normalized spacial score (nSPS) is 10.8. The van der Waals surface area contributed by atoms with Crippen LogP contribution in [0.5, 0.6) is 0 Å². The van der Waals surface area contributed by atoms with E-state index in [1.165, 1.54) is 0 Å². The summed E-state index contributed by atoms with van der Waals surface area (Å²) in [6.45, 7) is 0. The molecule has 16 heavy (non-hydrogen) atoms. The van der Waals surface area contributed by atoms with Gasteiger partial charge in [0.2, 0.25) is 0 Å². The molecule has 1 aromatic carbocycles. The average molecular weight is 210 g/mol. The van der Waals surface area contributed by atoms with Crippen LogP contribution < -0.4 is 5.73 Å². The first-order valence-corrected chi connectivity index (χ1v) is 4.99. The van der Waals surface area contributed by atoms with Crippen LogP contribution in [0, 0.1) is 0 Å². The summed E-state index contributed by atoms with van der Waals surface area (Å²) in [6.07, 6.45) is 5.47. The van der Waals surface area contributed by atoms with Gasteiger partial charge in [-0.25, -0.2) is 4.68 Å². The first-order valence-electron chi connectivity index (χ1n) is 4.99. The quantitative estimate of drug-likeness (QED) is 0.668. The van der Waals surface area contributed by atoms with E-state index in [-0.39, 0.29) is 0 Å². The smallest absolute Gasteiger partial charge is 0.145 e. The maximum Gasteiger partial charge on any atom is 0.145 e. The molecule has 0 spiro atoms. The number of anilines is 1. The van der Waals surface area contributed by atoms with Gasteiger partial charge in [-0.1, -0.05) is 12.1 Å². The van der Waals surface area contributed by atoms with Crippen molar-refractivity contribution in [3.63, 3.8) is 0 Å². The maximum absolute atomic E-state index is 5.62. The van der Waals surface area contributed by atoms with Gasteiger partial charge in [-0.15, -0.1) is 0 Å². The highest BCUT2D eigenvalue weighted by Gasteiger charge is 2.03. The lowest BCUT2D eigenvalue weighted by Crippen LogP contribution is -1.97. The number of fused-ring (bicyclic) bond motifs is 1. The standard InChI is InChI=1S/C12H10N4/c13-12-5-7-16(15-12)11-3-1-2-9-8-14-6-4-10(9)11/h1-8H,(H2,13,15). The molecule has 0 aliphatic heterocycles. The number of nitrogen functional groups attached to an aromatic ring is 1. The molecule has 2 aromatic heterocycles. The molecule has 0 fully saturated rings. The Morgan fingerprint density at radius 1 is 1.12 bits per heavy atom. The van der Waals surface area contributed by atoms with Crippen molar-refractivity contribution < 1.29 is 0 Å². The van der Waals surface area contributed by atoms with Crippen molar-refractivity contribution in [2.75, 3.05) is 5.73 Å². The molecule has 4 heteroatoms.